The zero-order valence-electron chi connectivity index (χ0n) is 10.5. The fraction of sp³-hybridized carbons (Fsp3) is 0.333. The zero-order valence-corrected chi connectivity index (χ0v) is 12.1. The topological polar surface area (TPSA) is 79.5 Å². The lowest BCUT2D eigenvalue weighted by atomic mass is 10.3. The molecule has 0 unspecified atom stereocenters. The van der Waals surface area contributed by atoms with E-state index in [4.69, 9.17) is 4.74 Å². The Morgan fingerprint density at radius 1 is 1.21 bits per heavy atom. The van der Waals surface area contributed by atoms with E-state index in [2.05, 4.69) is 31.9 Å². The maximum absolute atomic E-state index is 11.5. The number of rotatable bonds is 6. The Balaban J connectivity index is 2.24. The number of nitrogens with one attached hydrogen (secondary N) is 3. The maximum Gasteiger partial charge on any atom is 0.319 e. The van der Waals surface area contributed by atoms with Crippen molar-refractivity contribution in [3.8, 4) is 0 Å². The first-order valence-electron chi connectivity index (χ1n) is 5.68. The molecule has 1 aromatic carbocycles. The summed E-state index contributed by atoms with van der Waals surface area (Å²) in [4.78, 5) is 22.8. The van der Waals surface area contributed by atoms with Gasteiger partial charge in [-0.1, -0.05) is 15.9 Å². The van der Waals surface area contributed by atoms with Crippen molar-refractivity contribution in [1.82, 2.24) is 10.6 Å². The van der Waals surface area contributed by atoms with Crippen LogP contribution in [0.1, 0.15) is 0 Å². The molecule has 0 aliphatic carbocycles. The summed E-state index contributed by atoms with van der Waals surface area (Å²) in [6, 6.07) is 6.70. The average molecular weight is 330 g/mol. The Labute approximate surface area is 120 Å². The molecule has 0 atom stereocenters. The molecule has 0 spiro atoms. The molecule has 7 heteroatoms. The summed E-state index contributed by atoms with van der Waals surface area (Å²) in [5.41, 5.74) is 0.653. The number of hydrogen-bond acceptors (Lipinski definition) is 3. The maximum atomic E-state index is 11.5. The van der Waals surface area contributed by atoms with Gasteiger partial charge in [-0.2, -0.15) is 0 Å². The summed E-state index contributed by atoms with van der Waals surface area (Å²) in [5, 5.41) is 7.67. The standard InChI is InChI=1S/C12H16BrN3O3/c1-19-7-6-14-11(17)8-15-12(18)16-10-4-2-9(13)3-5-10/h2-5H,6-8H2,1H3,(H,14,17)(H2,15,16,18). The second-order valence-corrected chi connectivity index (χ2v) is 4.57. The Bertz CT molecular complexity index is 423. The molecule has 0 saturated heterocycles. The van der Waals surface area contributed by atoms with E-state index in [-0.39, 0.29) is 12.5 Å². The summed E-state index contributed by atoms with van der Waals surface area (Å²) in [7, 11) is 1.55. The molecule has 3 N–H and O–H groups in total. The second kappa shape index (κ2) is 8.49. The number of urea groups is 1. The third-order valence-electron chi connectivity index (χ3n) is 2.14. The van der Waals surface area contributed by atoms with Crippen LogP contribution in [0.25, 0.3) is 0 Å². The van der Waals surface area contributed by atoms with E-state index in [9.17, 15) is 9.59 Å². The molecule has 0 aliphatic rings. The predicted octanol–water partition coefficient (Wildman–Crippen LogP) is 1.33. The van der Waals surface area contributed by atoms with Crippen LogP contribution in [0.3, 0.4) is 0 Å². The highest BCUT2D eigenvalue weighted by atomic mass is 79.9. The number of carbonyl (C=O) groups excluding carboxylic acids is 2. The van der Waals surface area contributed by atoms with Gasteiger partial charge in [0.15, 0.2) is 0 Å². The van der Waals surface area contributed by atoms with Crippen molar-refractivity contribution in [2.24, 2.45) is 0 Å². The van der Waals surface area contributed by atoms with E-state index in [0.717, 1.165) is 4.47 Å². The fourth-order valence-electron chi connectivity index (χ4n) is 1.22. The number of methoxy groups -OCH3 is 1. The lowest BCUT2D eigenvalue weighted by molar-refractivity contribution is -0.120. The normalized spacial score (nSPS) is 9.79. The fourth-order valence-corrected chi connectivity index (χ4v) is 1.49. The second-order valence-electron chi connectivity index (χ2n) is 3.66. The summed E-state index contributed by atoms with van der Waals surface area (Å²) in [6.45, 7) is 0.786. The van der Waals surface area contributed by atoms with E-state index in [1.54, 1.807) is 19.2 Å². The van der Waals surface area contributed by atoms with E-state index in [0.29, 0.717) is 18.8 Å². The van der Waals surface area contributed by atoms with Crippen LogP contribution in [0, 0.1) is 0 Å². The number of amides is 3. The SMILES string of the molecule is COCCNC(=O)CNC(=O)Nc1ccc(Br)cc1. The van der Waals surface area contributed by atoms with Gasteiger partial charge in [0.05, 0.1) is 13.2 Å². The van der Waals surface area contributed by atoms with Crippen molar-refractivity contribution in [2.75, 3.05) is 32.1 Å². The lowest BCUT2D eigenvalue weighted by Crippen LogP contribution is -2.39. The summed E-state index contributed by atoms with van der Waals surface area (Å²) >= 11 is 3.30. The van der Waals surface area contributed by atoms with Crippen molar-refractivity contribution in [3.05, 3.63) is 28.7 Å². The number of hydrogen-bond donors (Lipinski definition) is 3. The van der Waals surface area contributed by atoms with Gasteiger partial charge in [-0.3, -0.25) is 4.79 Å². The monoisotopic (exact) mass is 329 g/mol. The third kappa shape index (κ3) is 6.78. The minimum absolute atomic E-state index is 0.0773. The van der Waals surface area contributed by atoms with E-state index in [1.807, 2.05) is 12.1 Å². The van der Waals surface area contributed by atoms with Crippen LogP contribution in [0.5, 0.6) is 0 Å². The van der Waals surface area contributed by atoms with Crippen LogP contribution in [0.15, 0.2) is 28.7 Å². The van der Waals surface area contributed by atoms with Gasteiger partial charge in [0.2, 0.25) is 5.91 Å². The van der Waals surface area contributed by atoms with Crippen molar-refractivity contribution in [2.45, 2.75) is 0 Å². The van der Waals surface area contributed by atoms with Gasteiger partial charge >= 0.3 is 6.03 Å². The molecule has 1 rings (SSSR count). The van der Waals surface area contributed by atoms with Crippen molar-refractivity contribution >= 4 is 33.6 Å². The van der Waals surface area contributed by atoms with Gasteiger partial charge in [-0.05, 0) is 24.3 Å². The first-order chi connectivity index (χ1) is 9.11. The molecule has 6 nitrogen and oxygen atoms in total. The first kappa shape index (κ1) is 15.5. The highest BCUT2D eigenvalue weighted by Crippen LogP contribution is 2.13. The van der Waals surface area contributed by atoms with Crippen LogP contribution in [0.4, 0.5) is 10.5 Å². The van der Waals surface area contributed by atoms with Crippen molar-refractivity contribution in [3.63, 3.8) is 0 Å². The molecule has 0 fully saturated rings. The number of benzene rings is 1. The molecule has 0 aliphatic heterocycles. The first-order valence-corrected chi connectivity index (χ1v) is 6.47. The van der Waals surface area contributed by atoms with Crippen LogP contribution in [-0.2, 0) is 9.53 Å². The molecule has 0 aromatic heterocycles. The van der Waals surface area contributed by atoms with Gasteiger partial charge in [-0.15, -0.1) is 0 Å². The van der Waals surface area contributed by atoms with Gasteiger partial charge in [-0.25, -0.2) is 4.79 Å². The van der Waals surface area contributed by atoms with Gasteiger partial charge in [0.1, 0.15) is 0 Å². The van der Waals surface area contributed by atoms with Crippen LogP contribution in [0.2, 0.25) is 0 Å². The molecule has 1 aromatic rings. The number of halogens is 1. The summed E-state index contributed by atoms with van der Waals surface area (Å²) in [5.74, 6) is -0.261. The third-order valence-corrected chi connectivity index (χ3v) is 2.67. The van der Waals surface area contributed by atoms with Gasteiger partial charge in [0.25, 0.3) is 0 Å². The average Bonchev–Trinajstić information content (AvgIpc) is 2.39. The smallest absolute Gasteiger partial charge is 0.319 e. The lowest BCUT2D eigenvalue weighted by Gasteiger charge is -2.08. The molecule has 0 bridgehead atoms. The molecule has 0 heterocycles. The highest BCUT2D eigenvalue weighted by Gasteiger charge is 2.04. The number of carbonyl (C=O) groups is 2. The van der Waals surface area contributed by atoms with E-state index >= 15 is 0 Å². The molecule has 19 heavy (non-hydrogen) atoms. The van der Waals surface area contributed by atoms with E-state index in [1.165, 1.54) is 0 Å². The molecule has 0 radical (unpaired) electrons. The minimum Gasteiger partial charge on any atom is -0.383 e. The van der Waals surface area contributed by atoms with E-state index < -0.39 is 6.03 Å². The largest absolute Gasteiger partial charge is 0.383 e. The number of ether oxygens (including phenoxy) is 1. The van der Waals surface area contributed by atoms with Gasteiger partial charge in [0, 0.05) is 23.8 Å². The minimum atomic E-state index is -0.427. The van der Waals surface area contributed by atoms with Gasteiger partial charge < -0.3 is 20.7 Å². The molecule has 104 valence electrons. The molecular formula is C12H16BrN3O3. The van der Waals surface area contributed by atoms with Crippen molar-refractivity contribution < 1.29 is 14.3 Å². The molecular weight excluding hydrogens is 314 g/mol. The Kier molecular flexibility index (Phi) is 6.91. The van der Waals surface area contributed by atoms with Crippen LogP contribution >= 0.6 is 15.9 Å². The Morgan fingerprint density at radius 3 is 2.53 bits per heavy atom. The summed E-state index contributed by atoms with van der Waals surface area (Å²) < 4.78 is 5.72. The Morgan fingerprint density at radius 2 is 1.89 bits per heavy atom. The van der Waals surface area contributed by atoms with Crippen LogP contribution < -0.4 is 16.0 Å². The number of anilines is 1. The predicted molar refractivity (Wildman–Crippen MR) is 76.0 cm³/mol. The summed E-state index contributed by atoms with van der Waals surface area (Å²) in [6.07, 6.45) is 0. The van der Waals surface area contributed by atoms with Crippen molar-refractivity contribution in [1.29, 1.82) is 0 Å². The quantitative estimate of drug-likeness (QED) is 0.689. The molecule has 0 saturated carbocycles. The van der Waals surface area contributed by atoms with Crippen LogP contribution in [-0.4, -0.2) is 38.7 Å². The molecule has 3 amide bonds. The highest BCUT2D eigenvalue weighted by molar-refractivity contribution is 9.10. The zero-order chi connectivity index (χ0) is 14.1. The Hall–Kier alpha value is -1.60.